The number of hydrogen-bond acceptors (Lipinski definition) is 2. The highest BCUT2D eigenvalue weighted by Gasteiger charge is 2.14. The van der Waals surface area contributed by atoms with E-state index in [-0.39, 0.29) is 0 Å². The number of aromatic nitrogens is 1. The predicted molar refractivity (Wildman–Crippen MR) is 115 cm³/mol. The second-order valence-corrected chi connectivity index (χ2v) is 7.93. The first kappa shape index (κ1) is 18.4. The predicted octanol–water partition coefficient (Wildman–Crippen LogP) is 5.98. The molecule has 4 rings (SSSR count). The van der Waals surface area contributed by atoms with Crippen molar-refractivity contribution in [2.45, 2.75) is 58.5 Å². The van der Waals surface area contributed by atoms with Gasteiger partial charge >= 0.3 is 0 Å². The van der Waals surface area contributed by atoms with Gasteiger partial charge in [0.05, 0.1) is 12.6 Å². The quantitative estimate of drug-likeness (QED) is 0.480. The number of rotatable bonds is 7. The Hall–Kier alpha value is -2.00. The molecule has 1 saturated heterocycles. The molecule has 1 aliphatic rings. The number of nitrogens with zero attached hydrogens (tertiary/aromatic N) is 2. The lowest BCUT2D eigenvalue weighted by molar-refractivity contribution is 0.221. The number of unbranched alkanes of at least 4 members (excludes halogenated alkanes) is 2. The lowest BCUT2D eigenvalue weighted by atomic mass is 10.1. The van der Waals surface area contributed by atoms with Crippen LogP contribution in [0.15, 0.2) is 36.4 Å². The molecule has 0 unspecified atom stereocenters. The van der Waals surface area contributed by atoms with E-state index in [4.69, 9.17) is 4.74 Å². The number of likely N-dealkylation sites (tertiary alicyclic amines) is 1. The zero-order valence-corrected chi connectivity index (χ0v) is 16.8. The lowest BCUT2D eigenvalue weighted by Crippen LogP contribution is -2.29. The fraction of sp³-hybridized carbons (Fsp3) is 0.500. The minimum Gasteiger partial charge on any atom is -0.497 e. The number of hydrogen-bond donors (Lipinski definition) is 0. The minimum absolute atomic E-state index is 0.940. The zero-order valence-electron chi connectivity index (χ0n) is 16.8. The molecule has 27 heavy (non-hydrogen) atoms. The van der Waals surface area contributed by atoms with Crippen LogP contribution in [0.2, 0.25) is 0 Å². The van der Waals surface area contributed by atoms with Crippen LogP contribution < -0.4 is 4.74 Å². The number of aryl methyl sites for hydroxylation is 1. The van der Waals surface area contributed by atoms with Crippen LogP contribution in [0.25, 0.3) is 21.8 Å². The molecule has 0 saturated carbocycles. The van der Waals surface area contributed by atoms with E-state index in [1.165, 1.54) is 79.0 Å². The Bertz CT molecular complexity index is 906. The summed E-state index contributed by atoms with van der Waals surface area (Å²) in [5.41, 5.74) is 4.10. The summed E-state index contributed by atoms with van der Waals surface area (Å²) in [5.74, 6) is 0.940. The molecular formula is C24H32N2O. The Labute approximate surface area is 162 Å². The van der Waals surface area contributed by atoms with Gasteiger partial charge in [0.1, 0.15) is 5.75 Å². The van der Waals surface area contributed by atoms with E-state index in [0.29, 0.717) is 0 Å². The van der Waals surface area contributed by atoms with Crippen molar-refractivity contribution in [2.75, 3.05) is 20.2 Å². The normalized spacial score (nSPS) is 15.6. The molecule has 0 N–H and O–H groups in total. The maximum Gasteiger partial charge on any atom is 0.120 e. The molecule has 0 aliphatic carbocycles. The van der Waals surface area contributed by atoms with Gasteiger partial charge in [-0.25, -0.2) is 0 Å². The number of piperidine rings is 1. The molecule has 3 aromatic rings. The van der Waals surface area contributed by atoms with Crippen molar-refractivity contribution < 1.29 is 4.74 Å². The van der Waals surface area contributed by atoms with Gasteiger partial charge in [-0.05, 0) is 62.2 Å². The standard InChI is InChI=1S/C24H32N2O/c1-3-4-6-15-26-23-12-9-19(18-25-13-7-5-8-14-25)16-22(23)21-11-10-20(27-2)17-24(21)26/h9-12,16-17H,3-8,13-15,18H2,1-2H3. The van der Waals surface area contributed by atoms with Gasteiger partial charge in [0.2, 0.25) is 0 Å². The van der Waals surface area contributed by atoms with Crippen LogP contribution in [0.4, 0.5) is 0 Å². The summed E-state index contributed by atoms with van der Waals surface area (Å²) in [7, 11) is 1.75. The summed E-state index contributed by atoms with van der Waals surface area (Å²) in [4.78, 5) is 2.61. The maximum atomic E-state index is 5.50. The van der Waals surface area contributed by atoms with Crippen LogP contribution in [0.1, 0.15) is 51.0 Å². The molecule has 0 atom stereocenters. The molecule has 2 aromatic carbocycles. The number of fused-ring (bicyclic) bond motifs is 3. The van der Waals surface area contributed by atoms with Crippen molar-refractivity contribution >= 4 is 21.8 Å². The Balaban J connectivity index is 1.74. The molecule has 3 nitrogen and oxygen atoms in total. The summed E-state index contributed by atoms with van der Waals surface area (Å²) < 4.78 is 8.00. The highest BCUT2D eigenvalue weighted by Crippen LogP contribution is 2.33. The van der Waals surface area contributed by atoms with E-state index in [1.54, 1.807) is 7.11 Å². The van der Waals surface area contributed by atoms with Crippen molar-refractivity contribution in [3.05, 3.63) is 42.0 Å². The van der Waals surface area contributed by atoms with Crippen LogP contribution in [-0.4, -0.2) is 29.7 Å². The molecule has 1 aliphatic heterocycles. The SMILES string of the molecule is CCCCCn1c2ccc(CN3CCCCC3)cc2c2ccc(OC)cc21. The van der Waals surface area contributed by atoms with Gasteiger partial charge in [-0.1, -0.05) is 32.3 Å². The molecule has 1 aromatic heterocycles. The molecule has 3 heteroatoms. The molecule has 0 amide bonds. The topological polar surface area (TPSA) is 17.4 Å². The summed E-state index contributed by atoms with van der Waals surface area (Å²) in [6, 6.07) is 13.6. The third kappa shape index (κ3) is 3.84. The van der Waals surface area contributed by atoms with Gasteiger partial charge in [-0.15, -0.1) is 0 Å². The zero-order chi connectivity index (χ0) is 18.6. The summed E-state index contributed by atoms with van der Waals surface area (Å²) in [6.07, 6.45) is 7.83. The van der Waals surface area contributed by atoms with Gasteiger partial charge in [-0.3, -0.25) is 4.90 Å². The second kappa shape index (κ2) is 8.35. The van der Waals surface area contributed by atoms with E-state index in [9.17, 15) is 0 Å². The Morgan fingerprint density at radius 1 is 0.889 bits per heavy atom. The fourth-order valence-electron chi connectivity index (χ4n) is 4.49. The average Bonchev–Trinajstić information content (AvgIpc) is 3.01. The molecule has 0 spiro atoms. The van der Waals surface area contributed by atoms with Crippen molar-refractivity contribution in [2.24, 2.45) is 0 Å². The van der Waals surface area contributed by atoms with Crippen molar-refractivity contribution in [1.29, 1.82) is 0 Å². The number of ether oxygens (including phenoxy) is 1. The first-order valence-electron chi connectivity index (χ1n) is 10.6. The second-order valence-electron chi connectivity index (χ2n) is 7.93. The maximum absolute atomic E-state index is 5.50. The molecule has 0 radical (unpaired) electrons. The summed E-state index contributed by atoms with van der Waals surface area (Å²) in [5, 5.41) is 2.74. The molecule has 2 heterocycles. The van der Waals surface area contributed by atoms with Crippen LogP contribution >= 0.6 is 0 Å². The largest absolute Gasteiger partial charge is 0.497 e. The van der Waals surface area contributed by atoms with Gasteiger partial charge < -0.3 is 9.30 Å². The highest BCUT2D eigenvalue weighted by molar-refractivity contribution is 6.08. The minimum atomic E-state index is 0.940. The first-order chi connectivity index (χ1) is 13.3. The smallest absolute Gasteiger partial charge is 0.120 e. The van der Waals surface area contributed by atoms with Crippen molar-refractivity contribution in [3.63, 3.8) is 0 Å². The van der Waals surface area contributed by atoms with Gasteiger partial charge in [0, 0.05) is 35.4 Å². The van der Waals surface area contributed by atoms with Crippen LogP contribution in [-0.2, 0) is 13.1 Å². The molecular weight excluding hydrogens is 332 g/mol. The van der Waals surface area contributed by atoms with Gasteiger partial charge in [0.25, 0.3) is 0 Å². The monoisotopic (exact) mass is 364 g/mol. The average molecular weight is 365 g/mol. The van der Waals surface area contributed by atoms with E-state index in [2.05, 4.69) is 52.8 Å². The first-order valence-corrected chi connectivity index (χ1v) is 10.6. The Kier molecular flexibility index (Phi) is 5.68. The molecule has 1 fully saturated rings. The van der Waals surface area contributed by atoms with Crippen LogP contribution in [0.3, 0.4) is 0 Å². The van der Waals surface area contributed by atoms with Gasteiger partial charge in [0.15, 0.2) is 0 Å². The van der Waals surface area contributed by atoms with Gasteiger partial charge in [-0.2, -0.15) is 0 Å². The Morgan fingerprint density at radius 3 is 2.52 bits per heavy atom. The van der Waals surface area contributed by atoms with Crippen LogP contribution in [0, 0.1) is 0 Å². The number of benzene rings is 2. The van der Waals surface area contributed by atoms with Crippen molar-refractivity contribution in [1.82, 2.24) is 9.47 Å². The van der Waals surface area contributed by atoms with Crippen LogP contribution in [0.5, 0.6) is 5.75 Å². The summed E-state index contributed by atoms with van der Waals surface area (Å²) in [6.45, 7) is 6.91. The van der Waals surface area contributed by atoms with E-state index < -0.39 is 0 Å². The highest BCUT2D eigenvalue weighted by atomic mass is 16.5. The third-order valence-corrected chi connectivity index (χ3v) is 5.98. The number of methoxy groups -OCH3 is 1. The van der Waals surface area contributed by atoms with E-state index in [0.717, 1.165) is 18.8 Å². The third-order valence-electron chi connectivity index (χ3n) is 5.98. The summed E-state index contributed by atoms with van der Waals surface area (Å²) >= 11 is 0. The van der Waals surface area contributed by atoms with E-state index in [1.807, 2.05) is 0 Å². The fourth-order valence-corrected chi connectivity index (χ4v) is 4.49. The molecule has 0 bridgehead atoms. The van der Waals surface area contributed by atoms with E-state index >= 15 is 0 Å². The Morgan fingerprint density at radius 2 is 1.74 bits per heavy atom. The molecule has 144 valence electrons. The lowest BCUT2D eigenvalue weighted by Gasteiger charge is -2.26. The van der Waals surface area contributed by atoms with Crippen molar-refractivity contribution in [3.8, 4) is 5.75 Å².